The molecule has 0 spiro atoms. The molecule has 15 heavy (non-hydrogen) atoms. The van der Waals surface area contributed by atoms with Crippen molar-refractivity contribution < 1.29 is 32.7 Å². The molecule has 75 valence electrons. The number of nitrogens with zero attached hydrogens (tertiary/aromatic N) is 1. The molecule has 0 atom stereocenters. The van der Waals surface area contributed by atoms with E-state index in [-0.39, 0.29) is 32.7 Å². The van der Waals surface area contributed by atoms with E-state index in [0.717, 1.165) is 11.3 Å². The number of nitrogens with two attached hydrogens (primary N) is 1. The standard InChI is InChI=1S/C11H11N2S.Y/c1-7-3-4-8(2)9(5-7)10-6-14-11(12)13-10;/h3-5H,1-2H3,(H2,12,13);/q-1;. The third-order valence-corrected chi connectivity index (χ3v) is 2.72. The van der Waals surface area contributed by atoms with Crippen LogP contribution in [0.1, 0.15) is 11.1 Å². The first kappa shape index (κ1) is 12.8. The van der Waals surface area contributed by atoms with Gasteiger partial charge < -0.3 is 10.7 Å². The minimum Gasteiger partial charge on any atom is -0.426 e. The van der Waals surface area contributed by atoms with Crippen molar-refractivity contribution in [3.05, 3.63) is 34.7 Å². The molecular weight excluding hydrogens is 281 g/mol. The fraction of sp³-hybridized carbons (Fsp3) is 0.182. The fourth-order valence-corrected chi connectivity index (χ4v) is 1.86. The zero-order valence-corrected chi connectivity index (χ0v) is 12.4. The quantitative estimate of drug-likeness (QED) is 0.821. The first-order valence-electron chi connectivity index (χ1n) is 4.38. The summed E-state index contributed by atoms with van der Waals surface area (Å²) >= 11 is 1.36. The number of hydrogen-bond acceptors (Lipinski definition) is 3. The summed E-state index contributed by atoms with van der Waals surface area (Å²) in [6.45, 7) is 4.14. The van der Waals surface area contributed by atoms with E-state index in [1.807, 2.05) is 0 Å². The number of anilines is 1. The molecule has 0 fully saturated rings. The van der Waals surface area contributed by atoms with Gasteiger partial charge in [-0.2, -0.15) is 0 Å². The Morgan fingerprint density at radius 3 is 2.67 bits per heavy atom. The SMILES string of the molecule is Cc1ccc(C)c(-c2[c-]sc(N)n2)c1.[Y]. The molecular formula is C11H11N2SY-. The van der Waals surface area contributed by atoms with Gasteiger partial charge in [-0.05, 0) is 12.6 Å². The number of aromatic nitrogens is 1. The van der Waals surface area contributed by atoms with Gasteiger partial charge in [0.25, 0.3) is 0 Å². The van der Waals surface area contributed by atoms with Crippen LogP contribution < -0.4 is 5.73 Å². The Morgan fingerprint density at radius 1 is 1.33 bits per heavy atom. The van der Waals surface area contributed by atoms with Gasteiger partial charge in [-0.1, -0.05) is 41.1 Å². The van der Waals surface area contributed by atoms with Crippen LogP contribution in [0.5, 0.6) is 0 Å². The average Bonchev–Trinajstić information content (AvgIpc) is 2.56. The van der Waals surface area contributed by atoms with Crippen LogP contribution in [0.4, 0.5) is 5.13 Å². The number of thiazole rings is 1. The van der Waals surface area contributed by atoms with E-state index < -0.39 is 0 Å². The molecule has 2 rings (SSSR count). The van der Waals surface area contributed by atoms with Gasteiger partial charge in [-0.15, -0.1) is 6.07 Å². The largest absolute Gasteiger partial charge is 0.426 e. The Kier molecular flexibility index (Phi) is 4.44. The fourth-order valence-electron chi connectivity index (χ4n) is 1.36. The maximum absolute atomic E-state index is 5.58. The molecule has 0 amide bonds. The van der Waals surface area contributed by atoms with Crippen molar-refractivity contribution in [2.75, 3.05) is 5.73 Å². The second-order valence-corrected chi connectivity index (χ2v) is 4.15. The van der Waals surface area contributed by atoms with Crippen LogP contribution in [0.25, 0.3) is 11.3 Å². The van der Waals surface area contributed by atoms with E-state index in [2.05, 4.69) is 42.4 Å². The maximum Gasteiger partial charge on any atom is 0.0763 e. The van der Waals surface area contributed by atoms with Crippen molar-refractivity contribution in [1.29, 1.82) is 0 Å². The van der Waals surface area contributed by atoms with Crippen molar-refractivity contribution in [3.63, 3.8) is 0 Å². The molecule has 4 heteroatoms. The van der Waals surface area contributed by atoms with Crippen LogP contribution in [0.3, 0.4) is 0 Å². The van der Waals surface area contributed by atoms with Gasteiger partial charge in [-0.3, -0.25) is 0 Å². The maximum atomic E-state index is 5.58. The summed E-state index contributed by atoms with van der Waals surface area (Å²) in [5, 5.41) is 3.67. The van der Waals surface area contributed by atoms with E-state index in [4.69, 9.17) is 5.73 Å². The van der Waals surface area contributed by atoms with Crippen LogP contribution in [0.2, 0.25) is 0 Å². The van der Waals surface area contributed by atoms with Crippen molar-refractivity contribution in [2.45, 2.75) is 13.8 Å². The summed E-state index contributed by atoms with van der Waals surface area (Å²) in [5.41, 5.74) is 9.99. The van der Waals surface area contributed by atoms with E-state index in [1.54, 1.807) is 0 Å². The van der Waals surface area contributed by atoms with Crippen molar-refractivity contribution in [1.82, 2.24) is 4.98 Å². The predicted octanol–water partition coefficient (Wildman–Crippen LogP) is 2.81. The van der Waals surface area contributed by atoms with Gasteiger partial charge in [-0.25, -0.2) is 11.3 Å². The van der Waals surface area contributed by atoms with Crippen molar-refractivity contribution >= 4 is 16.5 Å². The Labute approximate surface area is 119 Å². The van der Waals surface area contributed by atoms with Crippen LogP contribution in [0, 0.1) is 19.2 Å². The van der Waals surface area contributed by atoms with E-state index in [0.29, 0.717) is 5.13 Å². The summed E-state index contributed by atoms with van der Waals surface area (Å²) in [7, 11) is 0. The molecule has 0 aliphatic rings. The number of benzene rings is 1. The van der Waals surface area contributed by atoms with E-state index in [1.165, 1.54) is 22.5 Å². The minimum atomic E-state index is 0. The van der Waals surface area contributed by atoms with Gasteiger partial charge >= 0.3 is 0 Å². The zero-order valence-electron chi connectivity index (χ0n) is 8.74. The zero-order chi connectivity index (χ0) is 10.1. The molecule has 2 aromatic rings. The van der Waals surface area contributed by atoms with Crippen molar-refractivity contribution in [3.8, 4) is 11.3 Å². The monoisotopic (exact) mass is 292 g/mol. The van der Waals surface area contributed by atoms with E-state index in [9.17, 15) is 0 Å². The molecule has 2 nitrogen and oxygen atoms in total. The number of rotatable bonds is 1. The predicted molar refractivity (Wildman–Crippen MR) is 60.3 cm³/mol. The Hall–Kier alpha value is -0.246. The van der Waals surface area contributed by atoms with Gasteiger partial charge in [0.1, 0.15) is 0 Å². The van der Waals surface area contributed by atoms with Gasteiger partial charge in [0.2, 0.25) is 0 Å². The second kappa shape index (κ2) is 5.19. The third-order valence-electron chi connectivity index (χ3n) is 2.12. The van der Waals surface area contributed by atoms with Gasteiger partial charge in [0.05, 0.1) is 5.13 Å². The minimum absolute atomic E-state index is 0. The molecule has 0 saturated heterocycles. The Balaban J connectivity index is 0.00000112. The number of hydrogen-bond donors (Lipinski definition) is 1. The first-order valence-corrected chi connectivity index (χ1v) is 5.20. The average molecular weight is 292 g/mol. The third kappa shape index (κ3) is 2.86. The molecule has 1 radical (unpaired) electrons. The first-order chi connectivity index (χ1) is 6.66. The van der Waals surface area contributed by atoms with Crippen LogP contribution in [-0.4, -0.2) is 4.98 Å². The summed E-state index contributed by atoms with van der Waals surface area (Å²) in [5.74, 6) is 0. The van der Waals surface area contributed by atoms with Crippen LogP contribution >= 0.6 is 11.3 Å². The number of aryl methyl sites for hydroxylation is 2. The molecule has 0 aliphatic heterocycles. The summed E-state index contributed by atoms with van der Waals surface area (Å²) in [4.78, 5) is 4.22. The second-order valence-electron chi connectivity index (χ2n) is 3.32. The van der Waals surface area contributed by atoms with Crippen LogP contribution in [0.15, 0.2) is 18.2 Å². The smallest absolute Gasteiger partial charge is 0.0763 e. The molecule has 2 N–H and O–H groups in total. The molecule has 1 aromatic carbocycles. The summed E-state index contributed by atoms with van der Waals surface area (Å²) in [6, 6.07) is 6.29. The topological polar surface area (TPSA) is 38.9 Å². The molecule has 0 aliphatic carbocycles. The molecule has 1 heterocycles. The van der Waals surface area contributed by atoms with E-state index >= 15 is 0 Å². The van der Waals surface area contributed by atoms with Crippen LogP contribution in [-0.2, 0) is 32.7 Å². The Morgan fingerprint density at radius 2 is 2.07 bits per heavy atom. The molecule has 0 bridgehead atoms. The normalized spacial score (nSPS) is 9.73. The molecule has 0 saturated carbocycles. The summed E-state index contributed by atoms with van der Waals surface area (Å²) in [6.07, 6.45) is 0. The van der Waals surface area contributed by atoms with Crippen molar-refractivity contribution in [2.24, 2.45) is 0 Å². The molecule has 1 aromatic heterocycles. The number of nitrogen functional groups attached to an aromatic ring is 1. The van der Waals surface area contributed by atoms with Gasteiger partial charge in [0, 0.05) is 32.7 Å². The molecule has 0 unspecified atom stereocenters. The summed E-state index contributed by atoms with van der Waals surface area (Å²) < 4.78 is 0. The van der Waals surface area contributed by atoms with Gasteiger partial charge in [0.15, 0.2) is 0 Å². The Bertz CT molecular complexity index is 465.